The zero-order valence-corrected chi connectivity index (χ0v) is 7.68. The Morgan fingerprint density at radius 3 is 2.14 bits per heavy atom. The largest absolute Gasteiger partial charge is 0.302 e. The van der Waals surface area contributed by atoms with Gasteiger partial charge < -0.3 is 5.21 Å². The van der Waals surface area contributed by atoms with Crippen molar-refractivity contribution in [2.24, 2.45) is 0 Å². The molecule has 0 unspecified atom stereocenters. The summed E-state index contributed by atoms with van der Waals surface area (Å²) in [4.78, 5) is 1.06. The summed E-state index contributed by atoms with van der Waals surface area (Å²) in [6.07, 6.45) is 0. The zero-order chi connectivity index (χ0) is 10.8. The van der Waals surface area contributed by atoms with E-state index < -0.39 is 27.4 Å². The molecule has 4 nitrogen and oxygen atoms in total. The van der Waals surface area contributed by atoms with Crippen molar-refractivity contribution in [3.8, 4) is 0 Å². The van der Waals surface area contributed by atoms with E-state index in [4.69, 9.17) is 5.21 Å². The van der Waals surface area contributed by atoms with Crippen LogP contribution in [0.3, 0.4) is 0 Å². The second-order valence-corrected chi connectivity index (χ2v) is 4.33. The van der Waals surface area contributed by atoms with Gasteiger partial charge in [0.15, 0.2) is 0 Å². The lowest BCUT2D eigenvalue weighted by molar-refractivity contribution is 0.242. The minimum atomic E-state index is -3.93. The van der Waals surface area contributed by atoms with Crippen LogP contribution in [0.15, 0.2) is 18.2 Å². The number of benzene rings is 1. The van der Waals surface area contributed by atoms with E-state index in [0.29, 0.717) is 6.07 Å². The fourth-order valence-electron chi connectivity index (χ4n) is 0.946. The van der Waals surface area contributed by atoms with Crippen LogP contribution in [0.2, 0.25) is 0 Å². The van der Waals surface area contributed by atoms with Crippen molar-refractivity contribution in [3.63, 3.8) is 0 Å². The molecule has 7 heteroatoms. The highest BCUT2D eigenvalue weighted by Gasteiger charge is 2.11. The van der Waals surface area contributed by atoms with E-state index in [1.165, 1.54) is 0 Å². The van der Waals surface area contributed by atoms with Crippen molar-refractivity contribution in [1.82, 2.24) is 4.89 Å². The van der Waals surface area contributed by atoms with Gasteiger partial charge in [-0.15, -0.1) is 0 Å². The molecule has 0 aromatic heterocycles. The molecule has 0 heterocycles. The number of hydrogen-bond donors (Lipinski definition) is 2. The van der Waals surface area contributed by atoms with Crippen LogP contribution >= 0.6 is 0 Å². The fourth-order valence-corrected chi connectivity index (χ4v) is 1.62. The molecule has 2 N–H and O–H groups in total. The average Bonchev–Trinajstić information content (AvgIpc) is 2.01. The van der Waals surface area contributed by atoms with Gasteiger partial charge in [0.25, 0.3) is 0 Å². The molecule has 0 atom stereocenters. The van der Waals surface area contributed by atoms with Gasteiger partial charge >= 0.3 is 0 Å². The van der Waals surface area contributed by atoms with Gasteiger partial charge in [0, 0.05) is 6.07 Å². The van der Waals surface area contributed by atoms with E-state index in [0.717, 1.165) is 17.0 Å². The highest BCUT2D eigenvalue weighted by Crippen LogP contribution is 2.10. The maximum Gasteiger partial charge on any atom is 0.237 e. The Bertz CT molecular complexity index is 412. The van der Waals surface area contributed by atoms with E-state index >= 15 is 0 Å². The van der Waals surface area contributed by atoms with Gasteiger partial charge in [0.2, 0.25) is 10.0 Å². The molecule has 78 valence electrons. The average molecular weight is 223 g/mol. The standard InChI is InChI=1S/C7H7F2NO3S/c8-6-1-5(2-7(9)3-6)4-14(12,13)10-11/h1-3,10-11H,4H2. The molecule has 14 heavy (non-hydrogen) atoms. The summed E-state index contributed by atoms with van der Waals surface area (Å²) in [5, 5.41) is 8.17. The predicted molar refractivity (Wildman–Crippen MR) is 43.9 cm³/mol. The van der Waals surface area contributed by atoms with Crippen molar-refractivity contribution < 1.29 is 22.4 Å². The summed E-state index contributed by atoms with van der Waals surface area (Å²) in [5.74, 6) is -2.42. The highest BCUT2D eigenvalue weighted by molar-refractivity contribution is 7.88. The van der Waals surface area contributed by atoms with E-state index in [1.807, 2.05) is 0 Å². The Morgan fingerprint density at radius 1 is 1.21 bits per heavy atom. The van der Waals surface area contributed by atoms with Gasteiger partial charge in [-0.05, 0) is 17.7 Å². The predicted octanol–water partition coefficient (Wildman–Crippen LogP) is 0.773. The number of sulfonamides is 1. The molecule has 0 bridgehead atoms. The van der Waals surface area contributed by atoms with Crippen LogP contribution in [-0.4, -0.2) is 13.6 Å². The van der Waals surface area contributed by atoms with E-state index in [1.54, 1.807) is 0 Å². The van der Waals surface area contributed by atoms with Crippen LogP contribution in [-0.2, 0) is 15.8 Å². The Balaban J connectivity index is 2.98. The zero-order valence-electron chi connectivity index (χ0n) is 6.87. The summed E-state index contributed by atoms with van der Waals surface area (Å²) < 4.78 is 46.7. The first kappa shape index (κ1) is 11.0. The van der Waals surface area contributed by atoms with Crippen molar-refractivity contribution in [2.45, 2.75) is 5.75 Å². The molecule has 1 rings (SSSR count). The third-order valence-corrected chi connectivity index (χ3v) is 2.41. The first-order valence-electron chi connectivity index (χ1n) is 3.51. The smallest absolute Gasteiger partial charge is 0.237 e. The highest BCUT2D eigenvalue weighted by atomic mass is 32.2. The third-order valence-electron chi connectivity index (χ3n) is 1.42. The van der Waals surface area contributed by atoms with Crippen molar-refractivity contribution in [2.75, 3.05) is 0 Å². The molecule has 0 radical (unpaired) electrons. The van der Waals surface area contributed by atoms with Gasteiger partial charge in [-0.2, -0.15) is 0 Å². The lowest BCUT2D eigenvalue weighted by Crippen LogP contribution is -2.21. The van der Waals surface area contributed by atoms with Crippen LogP contribution in [0.25, 0.3) is 0 Å². The lowest BCUT2D eigenvalue weighted by atomic mass is 10.2. The molecule has 0 fully saturated rings. The second-order valence-electron chi connectivity index (χ2n) is 2.63. The van der Waals surface area contributed by atoms with Crippen molar-refractivity contribution in [3.05, 3.63) is 35.4 Å². The Hall–Kier alpha value is -1.05. The molecular formula is C7H7F2NO3S. The monoisotopic (exact) mass is 223 g/mol. The first-order chi connectivity index (χ1) is 6.43. The summed E-state index contributed by atoms with van der Waals surface area (Å²) in [6.45, 7) is 0. The third kappa shape index (κ3) is 3.02. The van der Waals surface area contributed by atoms with Crippen LogP contribution in [0.5, 0.6) is 0 Å². The van der Waals surface area contributed by atoms with Crippen molar-refractivity contribution in [1.29, 1.82) is 0 Å². The summed E-state index contributed by atoms with van der Waals surface area (Å²) >= 11 is 0. The van der Waals surface area contributed by atoms with E-state index in [-0.39, 0.29) is 5.56 Å². The molecule has 0 amide bonds. The van der Waals surface area contributed by atoms with Gasteiger partial charge in [-0.25, -0.2) is 17.2 Å². The molecule has 0 saturated carbocycles. The van der Waals surface area contributed by atoms with Gasteiger partial charge in [-0.1, -0.05) is 4.89 Å². The minimum absolute atomic E-state index is 0.0796. The Morgan fingerprint density at radius 2 is 1.71 bits per heavy atom. The number of hydrogen-bond acceptors (Lipinski definition) is 3. The number of nitrogens with one attached hydrogen (secondary N) is 1. The summed E-state index contributed by atoms with van der Waals surface area (Å²) in [7, 11) is -3.93. The van der Waals surface area contributed by atoms with Gasteiger partial charge in [0.1, 0.15) is 11.6 Å². The number of halogens is 2. The molecule has 0 aliphatic rings. The van der Waals surface area contributed by atoms with E-state index in [2.05, 4.69) is 0 Å². The van der Waals surface area contributed by atoms with E-state index in [9.17, 15) is 17.2 Å². The molecule has 0 aliphatic heterocycles. The number of rotatable bonds is 3. The SMILES string of the molecule is O=S(=O)(Cc1cc(F)cc(F)c1)NO. The topological polar surface area (TPSA) is 66.4 Å². The van der Waals surface area contributed by atoms with Gasteiger partial charge in [-0.3, -0.25) is 0 Å². The Labute approximate surface area is 79.2 Å². The fraction of sp³-hybridized carbons (Fsp3) is 0.143. The maximum absolute atomic E-state index is 12.6. The van der Waals surface area contributed by atoms with Crippen LogP contribution in [0, 0.1) is 11.6 Å². The summed E-state index contributed by atoms with van der Waals surface area (Å²) in [6, 6.07) is 2.37. The minimum Gasteiger partial charge on any atom is -0.302 e. The first-order valence-corrected chi connectivity index (χ1v) is 5.17. The molecule has 1 aromatic carbocycles. The molecular weight excluding hydrogens is 216 g/mol. The molecule has 0 saturated heterocycles. The van der Waals surface area contributed by atoms with Crippen LogP contribution in [0.4, 0.5) is 8.78 Å². The summed E-state index contributed by atoms with van der Waals surface area (Å²) in [5.41, 5.74) is -0.0796. The van der Waals surface area contributed by atoms with Crippen molar-refractivity contribution >= 4 is 10.0 Å². The molecule has 0 spiro atoms. The van der Waals surface area contributed by atoms with Crippen LogP contribution < -0.4 is 4.89 Å². The molecule has 0 aliphatic carbocycles. The molecule has 1 aromatic rings. The van der Waals surface area contributed by atoms with Gasteiger partial charge in [0.05, 0.1) is 5.75 Å². The Kier molecular flexibility index (Phi) is 3.14. The quantitative estimate of drug-likeness (QED) is 0.744. The lowest BCUT2D eigenvalue weighted by Gasteiger charge is -2.01. The second kappa shape index (κ2) is 3.99. The normalized spacial score (nSPS) is 11.6. The maximum atomic E-state index is 12.6. The van der Waals surface area contributed by atoms with Crippen LogP contribution in [0.1, 0.15) is 5.56 Å².